The lowest BCUT2D eigenvalue weighted by molar-refractivity contribution is -0.384. The molecular weight excluding hydrogens is 354 g/mol. The van der Waals surface area contributed by atoms with Crippen LogP contribution in [-0.2, 0) is 0 Å². The zero-order valence-corrected chi connectivity index (χ0v) is 15.7. The lowest BCUT2D eigenvalue weighted by Gasteiger charge is -2.21. The summed E-state index contributed by atoms with van der Waals surface area (Å²) in [6.07, 6.45) is 0. The molecule has 1 unspecified atom stereocenters. The summed E-state index contributed by atoms with van der Waals surface area (Å²) >= 11 is 0. The number of hydrogen-bond acceptors (Lipinski definition) is 4. The van der Waals surface area contributed by atoms with Crippen molar-refractivity contribution in [1.82, 2.24) is 5.32 Å². The van der Waals surface area contributed by atoms with Gasteiger partial charge in [-0.3, -0.25) is 14.9 Å². The zero-order chi connectivity index (χ0) is 20.1. The van der Waals surface area contributed by atoms with Crippen molar-refractivity contribution in [1.29, 1.82) is 0 Å². The van der Waals surface area contributed by atoms with Gasteiger partial charge in [-0.25, -0.2) is 0 Å². The minimum absolute atomic E-state index is 0.129. The summed E-state index contributed by atoms with van der Waals surface area (Å²) in [5.74, 6) is -0.387. The predicted octanol–water partition coefficient (Wildman–Crippen LogP) is 4.46. The number of benzene rings is 3. The zero-order valence-electron chi connectivity index (χ0n) is 15.7. The average molecular weight is 375 g/mol. The Kier molecular flexibility index (Phi) is 5.69. The van der Waals surface area contributed by atoms with Gasteiger partial charge in [0.1, 0.15) is 0 Å². The van der Waals surface area contributed by atoms with Gasteiger partial charge in [-0.1, -0.05) is 60.2 Å². The maximum atomic E-state index is 13.0. The van der Waals surface area contributed by atoms with Crippen molar-refractivity contribution in [3.05, 3.63) is 105 Å². The van der Waals surface area contributed by atoms with E-state index in [0.29, 0.717) is 5.69 Å². The third kappa shape index (κ3) is 4.17. The Balaban J connectivity index is 1.99. The highest BCUT2D eigenvalue weighted by Crippen LogP contribution is 2.26. The molecule has 3 aromatic rings. The highest BCUT2D eigenvalue weighted by molar-refractivity contribution is 6.00. The Morgan fingerprint density at radius 1 is 0.964 bits per heavy atom. The first-order valence-corrected chi connectivity index (χ1v) is 8.88. The summed E-state index contributed by atoms with van der Waals surface area (Å²) in [7, 11) is 1.67. The van der Waals surface area contributed by atoms with Crippen molar-refractivity contribution in [3.8, 4) is 0 Å². The van der Waals surface area contributed by atoms with Crippen molar-refractivity contribution < 1.29 is 9.72 Å². The van der Waals surface area contributed by atoms with Gasteiger partial charge in [0, 0.05) is 24.9 Å². The number of nitro groups is 1. The molecule has 1 atom stereocenters. The number of rotatable bonds is 6. The van der Waals surface area contributed by atoms with Crippen LogP contribution in [0.4, 0.5) is 11.4 Å². The SMILES string of the molecule is CNc1ccc([N+](=O)[O-])cc1C(=O)NC(c1ccccc1)c1ccc(C)cc1. The Labute approximate surface area is 163 Å². The van der Waals surface area contributed by atoms with E-state index < -0.39 is 4.92 Å². The highest BCUT2D eigenvalue weighted by atomic mass is 16.6. The van der Waals surface area contributed by atoms with Gasteiger partial charge >= 0.3 is 0 Å². The van der Waals surface area contributed by atoms with Crippen molar-refractivity contribution in [2.75, 3.05) is 12.4 Å². The van der Waals surface area contributed by atoms with Gasteiger partial charge in [0.25, 0.3) is 11.6 Å². The minimum Gasteiger partial charge on any atom is -0.387 e. The third-order valence-electron chi connectivity index (χ3n) is 4.55. The first kappa shape index (κ1) is 19.1. The van der Waals surface area contributed by atoms with Crippen LogP contribution in [0.5, 0.6) is 0 Å². The molecule has 2 N–H and O–H groups in total. The fourth-order valence-corrected chi connectivity index (χ4v) is 3.02. The topological polar surface area (TPSA) is 84.3 Å². The van der Waals surface area contributed by atoms with E-state index in [1.807, 2.05) is 61.5 Å². The van der Waals surface area contributed by atoms with Gasteiger partial charge < -0.3 is 10.6 Å². The van der Waals surface area contributed by atoms with E-state index in [2.05, 4.69) is 10.6 Å². The van der Waals surface area contributed by atoms with Crippen LogP contribution in [0.3, 0.4) is 0 Å². The van der Waals surface area contributed by atoms with E-state index in [1.165, 1.54) is 18.2 Å². The highest BCUT2D eigenvalue weighted by Gasteiger charge is 2.21. The summed E-state index contributed by atoms with van der Waals surface area (Å²) in [5, 5.41) is 17.1. The molecule has 0 aromatic heterocycles. The van der Waals surface area contributed by atoms with Crippen LogP contribution in [0.15, 0.2) is 72.8 Å². The lowest BCUT2D eigenvalue weighted by Crippen LogP contribution is -2.30. The lowest BCUT2D eigenvalue weighted by atomic mass is 9.97. The maximum absolute atomic E-state index is 13.0. The second kappa shape index (κ2) is 8.35. The number of carbonyl (C=O) groups is 1. The molecule has 0 saturated heterocycles. The van der Waals surface area contributed by atoms with Crippen LogP contribution in [0, 0.1) is 17.0 Å². The molecule has 0 spiro atoms. The molecule has 3 rings (SSSR count). The third-order valence-corrected chi connectivity index (χ3v) is 4.55. The number of anilines is 1. The Bertz CT molecular complexity index is 986. The molecule has 142 valence electrons. The van der Waals surface area contributed by atoms with Crippen LogP contribution in [0.2, 0.25) is 0 Å². The molecule has 6 nitrogen and oxygen atoms in total. The molecule has 28 heavy (non-hydrogen) atoms. The summed E-state index contributed by atoms with van der Waals surface area (Å²) < 4.78 is 0. The molecule has 6 heteroatoms. The number of nitro benzene ring substituents is 1. The van der Waals surface area contributed by atoms with E-state index in [-0.39, 0.29) is 23.2 Å². The van der Waals surface area contributed by atoms with Crippen molar-refractivity contribution in [2.45, 2.75) is 13.0 Å². The number of hydrogen-bond donors (Lipinski definition) is 2. The first-order chi connectivity index (χ1) is 13.5. The molecule has 3 aromatic carbocycles. The molecule has 0 aliphatic rings. The monoisotopic (exact) mass is 375 g/mol. The summed E-state index contributed by atoms with van der Waals surface area (Å²) in [6, 6.07) is 21.4. The molecule has 0 radical (unpaired) electrons. The van der Waals surface area contributed by atoms with Gasteiger partial charge in [0.2, 0.25) is 0 Å². The molecular formula is C22H21N3O3. The van der Waals surface area contributed by atoms with Crippen LogP contribution >= 0.6 is 0 Å². The molecule has 0 saturated carbocycles. The fraction of sp³-hybridized carbons (Fsp3) is 0.136. The van der Waals surface area contributed by atoms with E-state index in [1.54, 1.807) is 7.05 Å². The number of carbonyl (C=O) groups excluding carboxylic acids is 1. The Morgan fingerprint density at radius 3 is 2.21 bits per heavy atom. The number of nitrogens with zero attached hydrogens (tertiary/aromatic N) is 1. The summed E-state index contributed by atoms with van der Waals surface area (Å²) in [4.78, 5) is 23.7. The van der Waals surface area contributed by atoms with Crippen molar-refractivity contribution >= 4 is 17.3 Å². The Morgan fingerprint density at radius 2 is 1.61 bits per heavy atom. The van der Waals surface area contributed by atoms with Crippen molar-refractivity contribution in [3.63, 3.8) is 0 Å². The van der Waals surface area contributed by atoms with Crippen LogP contribution < -0.4 is 10.6 Å². The average Bonchev–Trinajstić information content (AvgIpc) is 2.72. The maximum Gasteiger partial charge on any atom is 0.270 e. The molecule has 0 bridgehead atoms. The van der Waals surface area contributed by atoms with Crippen LogP contribution in [0.1, 0.15) is 33.1 Å². The first-order valence-electron chi connectivity index (χ1n) is 8.88. The second-order valence-corrected chi connectivity index (χ2v) is 6.46. The minimum atomic E-state index is -0.509. The Hall–Kier alpha value is -3.67. The van der Waals surface area contributed by atoms with E-state index in [9.17, 15) is 14.9 Å². The fourth-order valence-electron chi connectivity index (χ4n) is 3.02. The van der Waals surface area contributed by atoms with Gasteiger partial charge in [0.15, 0.2) is 0 Å². The van der Waals surface area contributed by atoms with Gasteiger partial charge in [-0.2, -0.15) is 0 Å². The number of aryl methyl sites for hydroxylation is 1. The normalized spacial score (nSPS) is 11.5. The van der Waals surface area contributed by atoms with Gasteiger partial charge in [-0.05, 0) is 24.1 Å². The van der Waals surface area contributed by atoms with E-state index >= 15 is 0 Å². The van der Waals surface area contributed by atoms with Crippen LogP contribution in [-0.4, -0.2) is 17.9 Å². The quantitative estimate of drug-likeness (QED) is 0.492. The molecule has 0 fully saturated rings. The molecule has 0 aliphatic heterocycles. The predicted molar refractivity (Wildman–Crippen MR) is 110 cm³/mol. The number of amides is 1. The largest absolute Gasteiger partial charge is 0.387 e. The molecule has 0 heterocycles. The second-order valence-electron chi connectivity index (χ2n) is 6.46. The van der Waals surface area contributed by atoms with Crippen LogP contribution in [0.25, 0.3) is 0 Å². The standard InChI is InChI=1S/C22H21N3O3/c1-15-8-10-17(11-9-15)21(16-6-4-3-5-7-16)24-22(26)19-14-18(25(27)28)12-13-20(19)23-2/h3-14,21,23H,1-2H3,(H,24,26). The smallest absolute Gasteiger partial charge is 0.270 e. The van der Waals surface area contributed by atoms with E-state index in [4.69, 9.17) is 0 Å². The van der Waals surface area contributed by atoms with Gasteiger partial charge in [0.05, 0.1) is 16.5 Å². The summed E-state index contributed by atoms with van der Waals surface area (Å²) in [5.41, 5.74) is 3.61. The summed E-state index contributed by atoms with van der Waals surface area (Å²) in [6.45, 7) is 2.00. The van der Waals surface area contributed by atoms with Crippen molar-refractivity contribution in [2.24, 2.45) is 0 Å². The van der Waals surface area contributed by atoms with Gasteiger partial charge in [-0.15, -0.1) is 0 Å². The van der Waals surface area contributed by atoms with E-state index in [0.717, 1.165) is 16.7 Å². The molecule has 0 aliphatic carbocycles. The molecule has 1 amide bonds. The number of non-ortho nitro benzene ring substituents is 1. The number of nitrogens with one attached hydrogen (secondary N) is 2.